The molecule has 8 nitrogen and oxygen atoms in total. The standard InChI is InChI=1S/C9H14N6O2/c1-2-3-15-12-9(11-13-15)14-5-6(8(10)17)4-7(14)16/h6H,2-5H2,1H3,(H2,10,17). The van der Waals surface area contributed by atoms with Crippen molar-refractivity contribution in [2.24, 2.45) is 11.7 Å². The van der Waals surface area contributed by atoms with Crippen LogP contribution in [0.2, 0.25) is 0 Å². The Kier molecular flexibility index (Phi) is 3.03. The van der Waals surface area contributed by atoms with Crippen LogP contribution in [0.25, 0.3) is 0 Å². The summed E-state index contributed by atoms with van der Waals surface area (Å²) in [5.74, 6) is -0.875. The van der Waals surface area contributed by atoms with Crippen LogP contribution in [-0.4, -0.2) is 38.6 Å². The van der Waals surface area contributed by atoms with Gasteiger partial charge in [0, 0.05) is 13.0 Å². The summed E-state index contributed by atoms with van der Waals surface area (Å²) >= 11 is 0. The second-order valence-electron chi connectivity index (χ2n) is 3.99. The average molecular weight is 238 g/mol. The van der Waals surface area contributed by atoms with E-state index in [-0.39, 0.29) is 24.8 Å². The molecule has 0 aliphatic carbocycles. The van der Waals surface area contributed by atoms with Gasteiger partial charge in [-0.2, -0.15) is 4.80 Å². The number of nitrogens with zero attached hydrogens (tertiary/aromatic N) is 5. The van der Waals surface area contributed by atoms with Gasteiger partial charge in [0.25, 0.3) is 5.95 Å². The molecule has 1 aliphatic rings. The molecule has 0 bridgehead atoms. The first-order chi connectivity index (χ1) is 8.11. The Morgan fingerprint density at radius 3 is 2.94 bits per heavy atom. The fraction of sp³-hybridized carbons (Fsp3) is 0.667. The zero-order valence-corrected chi connectivity index (χ0v) is 9.54. The van der Waals surface area contributed by atoms with Gasteiger partial charge in [0.05, 0.1) is 12.5 Å². The van der Waals surface area contributed by atoms with E-state index >= 15 is 0 Å². The molecule has 0 spiro atoms. The van der Waals surface area contributed by atoms with E-state index in [0.29, 0.717) is 6.54 Å². The van der Waals surface area contributed by atoms with Gasteiger partial charge >= 0.3 is 0 Å². The number of nitrogens with two attached hydrogens (primary N) is 1. The van der Waals surface area contributed by atoms with Gasteiger partial charge in [-0.15, -0.1) is 5.10 Å². The SMILES string of the molecule is CCCn1nnc(N2CC(C(N)=O)CC2=O)n1. The number of hydrogen-bond donors (Lipinski definition) is 1. The number of amides is 2. The van der Waals surface area contributed by atoms with Crippen molar-refractivity contribution >= 4 is 17.8 Å². The quantitative estimate of drug-likeness (QED) is 0.718. The fourth-order valence-electron chi connectivity index (χ4n) is 1.73. The van der Waals surface area contributed by atoms with Gasteiger partial charge < -0.3 is 5.73 Å². The first kappa shape index (κ1) is 11.5. The molecular weight excluding hydrogens is 224 g/mol. The number of tetrazole rings is 1. The Hall–Kier alpha value is -1.99. The summed E-state index contributed by atoms with van der Waals surface area (Å²) in [5.41, 5.74) is 5.17. The van der Waals surface area contributed by atoms with Crippen LogP contribution in [0.15, 0.2) is 0 Å². The third kappa shape index (κ3) is 2.24. The van der Waals surface area contributed by atoms with Crippen LogP contribution >= 0.6 is 0 Å². The van der Waals surface area contributed by atoms with E-state index < -0.39 is 11.8 Å². The zero-order chi connectivity index (χ0) is 12.4. The molecule has 2 amide bonds. The van der Waals surface area contributed by atoms with Crippen molar-refractivity contribution in [1.82, 2.24) is 20.2 Å². The first-order valence-corrected chi connectivity index (χ1v) is 5.49. The van der Waals surface area contributed by atoms with E-state index in [1.165, 1.54) is 9.70 Å². The molecule has 1 saturated heterocycles. The van der Waals surface area contributed by atoms with Crippen LogP contribution in [0.3, 0.4) is 0 Å². The van der Waals surface area contributed by atoms with E-state index in [1.807, 2.05) is 6.92 Å². The molecule has 2 rings (SSSR count). The summed E-state index contributed by atoms with van der Waals surface area (Å²) in [7, 11) is 0. The first-order valence-electron chi connectivity index (χ1n) is 5.49. The number of carbonyl (C=O) groups excluding carboxylic acids is 2. The minimum absolute atomic E-state index is 0.123. The molecule has 1 aromatic rings. The second-order valence-corrected chi connectivity index (χ2v) is 3.99. The van der Waals surface area contributed by atoms with Gasteiger partial charge in [-0.3, -0.25) is 14.5 Å². The molecule has 2 heterocycles. The molecule has 1 unspecified atom stereocenters. The lowest BCUT2D eigenvalue weighted by atomic mass is 10.1. The van der Waals surface area contributed by atoms with Crippen LogP contribution in [0.5, 0.6) is 0 Å². The van der Waals surface area contributed by atoms with Crippen molar-refractivity contribution in [2.45, 2.75) is 26.3 Å². The van der Waals surface area contributed by atoms with Crippen LogP contribution in [0.4, 0.5) is 5.95 Å². The minimum atomic E-state index is -0.471. The number of anilines is 1. The molecule has 1 aliphatic heterocycles. The highest BCUT2D eigenvalue weighted by Gasteiger charge is 2.36. The Labute approximate surface area is 97.8 Å². The highest BCUT2D eigenvalue weighted by atomic mass is 16.2. The number of aryl methyl sites for hydroxylation is 1. The van der Waals surface area contributed by atoms with Gasteiger partial charge in [-0.25, -0.2) is 0 Å². The van der Waals surface area contributed by atoms with Gasteiger partial charge in [0.1, 0.15) is 0 Å². The van der Waals surface area contributed by atoms with Crippen molar-refractivity contribution in [3.05, 3.63) is 0 Å². The lowest BCUT2D eigenvalue weighted by Gasteiger charge is -2.09. The maximum atomic E-state index is 11.7. The van der Waals surface area contributed by atoms with Crippen LogP contribution < -0.4 is 10.6 Å². The highest BCUT2D eigenvalue weighted by Crippen LogP contribution is 2.21. The molecule has 1 fully saturated rings. The van der Waals surface area contributed by atoms with Crippen LogP contribution in [0, 0.1) is 5.92 Å². The molecule has 0 saturated carbocycles. The largest absolute Gasteiger partial charge is 0.369 e. The summed E-state index contributed by atoms with van der Waals surface area (Å²) in [6, 6.07) is 0. The molecule has 92 valence electrons. The number of carbonyl (C=O) groups is 2. The van der Waals surface area contributed by atoms with Crippen molar-refractivity contribution in [3.8, 4) is 0 Å². The van der Waals surface area contributed by atoms with Crippen molar-refractivity contribution in [1.29, 1.82) is 0 Å². The molecule has 8 heteroatoms. The van der Waals surface area contributed by atoms with Gasteiger partial charge in [0.15, 0.2) is 0 Å². The fourth-order valence-corrected chi connectivity index (χ4v) is 1.73. The Bertz CT molecular complexity index is 442. The smallest absolute Gasteiger partial charge is 0.272 e. The van der Waals surface area contributed by atoms with Gasteiger partial charge in [-0.1, -0.05) is 12.0 Å². The maximum absolute atomic E-state index is 11.7. The van der Waals surface area contributed by atoms with E-state index in [2.05, 4.69) is 15.4 Å². The third-order valence-electron chi connectivity index (χ3n) is 2.63. The monoisotopic (exact) mass is 238 g/mol. The molecule has 1 atom stereocenters. The van der Waals surface area contributed by atoms with Crippen molar-refractivity contribution < 1.29 is 9.59 Å². The number of rotatable bonds is 4. The zero-order valence-electron chi connectivity index (χ0n) is 9.54. The van der Waals surface area contributed by atoms with E-state index in [0.717, 1.165) is 6.42 Å². The summed E-state index contributed by atoms with van der Waals surface area (Å²) in [6.45, 7) is 2.88. The Morgan fingerprint density at radius 1 is 1.59 bits per heavy atom. The predicted molar refractivity (Wildman–Crippen MR) is 57.8 cm³/mol. The van der Waals surface area contributed by atoms with Crippen LogP contribution in [-0.2, 0) is 16.1 Å². The molecule has 1 aromatic heterocycles. The van der Waals surface area contributed by atoms with E-state index in [4.69, 9.17) is 5.73 Å². The summed E-state index contributed by atoms with van der Waals surface area (Å²) in [4.78, 5) is 25.5. The Balaban J connectivity index is 2.11. The number of aromatic nitrogens is 4. The molecule has 0 radical (unpaired) electrons. The number of primary amides is 1. The lowest BCUT2D eigenvalue weighted by molar-refractivity contribution is -0.123. The van der Waals surface area contributed by atoms with E-state index in [1.54, 1.807) is 0 Å². The van der Waals surface area contributed by atoms with Gasteiger partial charge in [0.2, 0.25) is 11.8 Å². The molecule has 0 aromatic carbocycles. The van der Waals surface area contributed by atoms with Crippen molar-refractivity contribution in [3.63, 3.8) is 0 Å². The second kappa shape index (κ2) is 4.48. The summed E-state index contributed by atoms with van der Waals surface area (Å²) in [5, 5.41) is 11.7. The Morgan fingerprint density at radius 2 is 2.35 bits per heavy atom. The van der Waals surface area contributed by atoms with E-state index in [9.17, 15) is 9.59 Å². The topological polar surface area (TPSA) is 107 Å². The predicted octanol–water partition coefficient (Wildman–Crippen LogP) is -1.08. The summed E-state index contributed by atoms with van der Waals surface area (Å²) < 4.78 is 0. The van der Waals surface area contributed by atoms with Gasteiger partial charge in [-0.05, 0) is 11.6 Å². The minimum Gasteiger partial charge on any atom is -0.369 e. The van der Waals surface area contributed by atoms with Crippen molar-refractivity contribution in [2.75, 3.05) is 11.4 Å². The summed E-state index contributed by atoms with van der Waals surface area (Å²) in [6.07, 6.45) is 1.01. The lowest BCUT2D eigenvalue weighted by Crippen LogP contribution is -2.29. The number of hydrogen-bond acceptors (Lipinski definition) is 5. The third-order valence-corrected chi connectivity index (χ3v) is 2.63. The normalized spacial score (nSPS) is 19.9. The maximum Gasteiger partial charge on any atom is 0.272 e. The van der Waals surface area contributed by atoms with Crippen LogP contribution in [0.1, 0.15) is 19.8 Å². The average Bonchev–Trinajstić information content (AvgIpc) is 2.85. The molecule has 17 heavy (non-hydrogen) atoms. The highest BCUT2D eigenvalue weighted by molar-refractivity contribution is 5.98. The molecule has 2 N–H and O–H groups in total. The molecular formula is C9H14N6O2.